The number of nitrogens with one attached hydrogen (secondary N) is 1. The third-order valence-corrected chi connectivity index (χ3v) is 5.61. The number of hydrogen-bond acceptors (Lipinski definition) is 4. The molecule has 3 aromatic rings. The van der Waals surface area contributed by atoms with Gasteiger partial charge in [-0.2, -0.15) is 13.2 Å². The number of nitrogens with zero attached hydrogens (tertiary/aromatic N) is 1. The van der Waals surface area contributed by atoms with E-state index in [0.29, 0.717) is 22.9 Å². The second-order valence-corrected chi connectivity index (χ2v) is 7.86. The lowest BCUT2D eigenvalue weighted by Gasteiger charge is -2.20. The minimum absolute atomic E-state index is 0.0631. The van der Waals surface area contributed by atoms with Gasteiger partial charge in [0.15, 0.2) is 6.61 Å². The lowest BCUT2D eigenvalue weighted by Crippen LogP contribution is -2.23. The molecule has 0 spiro atoms. The molecule has 1 N–H and O–H groups in total. The Kier molecular flexibility index (Phi) is 6.06. The molecule has 0 fully saturated rings. The number of esters is 1. The molecule has 0 radical (unpaired) electrons. The van der Waals surface area contributed by atoms with Gasteiger partial charge >= 0.3 is 12.1 Å². The van der Waals surface area contributed by atoms with Crippen LogP contribution in [0.1, 0.15) is 40.0 Å². The van der Waals surface area contributed by atoms with Gasteiger partial charge in [-0.3, -0.25) is 9.78 Å². The Morgan fingerprint density at radius 1 is 1.09 bits per heavy atom. The number of alkyl halides is 3. The molecule has 0 aliphatic heterocycles. The summed E-state index contributed by atoms with van der Waals surface area (Å²) in [5, 5.41) is 2.84. The number of anilines is 1. The van der Waals surface area contributed by atoms with Crippen molar-refractivity contribution in [3.8, 4) is 0 Å². The number of pyridine rings is 1. The number of carbonyl (C=O) groups is 2. The van der Waals surface area contributed by atoms with Gasteiger partial charge in [-0.25, -0.2) is 4.79 Å². The maximum Gasteiger partial charge on any atom is 0.416 e. The molecule has 32 heavy (non-hydrogen) atoms. The topological polar surface area (TPSA) is 68.3 Å². The zero-order valence-electron chi connectivity index (χ0n) is 16.8. The van der Waals surface area contributed by atoms with E-state index in [9.17, 15) is 22.8 Å². The van der Waals surface area contributed by atoms with Gasteiger partial charge in [0.2, 0.25) is 0 Å². The van der Waals surface area contributed by atoms with Crippen LogP contribution < -0.4 is 5.32 Å². The molecule has 1 heterocycles. The third kappa shape index (κ3) is 4.55. The van der Waals surface area contributed by atoms with Gasteiger partial charge in [-0.1, -0.05) is 29.8 Å². The molecule has 1 aliphatic rings. The molecule has 1 aliphatic carbocycles. The Morgan fingerprint density at radius 2 is 1.84 bits per heavy atom. The average Bonchev–Trinajstić information content (AvgIpc) is 2.76. The summed E-state index contributed by atoms with van der Waals surface area (Å²) in [5.41, 5.74) is 1.55. The van der Waals surface area contributed by atoms with Gasteiger partial charge in [0.25, 0.3) is 5.91 Å². The molecule has 0 atom stereocenters. The standard InChI is InChI=1S/C23H18ClF3N2O3/c24-16-10-9-13(23(25,26)27)11-19(16)29-20(30)12-32-22(31)21-14-5-1-3-7-17(14)28-18-8-4-2-6-15(18)21/h1,3,5,7,9-11H,2,4,6,8,12H2,(H,29,30). The van der Waals surface area contributed by atoms with Crippen LogP contribution in [0.4, 0.5) is 18.9 Å². The SMILES string of the molecule is O=C(COC(=O)c1c2c(nc3ccccc13)CCCC2)Nc1cc(C(F)(F)F)ccc1Cl. The number of amides is 1. The molecule has 1 amide bonds. The van der Waals surface area contributed by atoms with E-state index in [0.717, 1.165) is 48.7 Å². The molecule has 0 saturated heterocycles. The Bertz CT molecular complexity index is 1210. The number of hydrogen-bond donors (Lipinski definition) is 1. The fraction of sp³-hybridized carbons (Fsp3) is 0.261. The summed E-state index contributed by atoms with van der Waals surface area (Å²) in [6.45, 7) is -0.670. The summed E-state index contributed by atoms with van der Waals surface area (Å²) < 4.78 is 44.0. The monoisotopic (exact) mass is 462 g/mol. The second kappa shape index (κ2) is 8.78. The first-order valence-corrected chi connectivity index (χ1v) is 10.4. The summed E-state index contributed by atoms with van der Waals surface area (Å²) in [7, 11) is 0. The van der Waals surface area contributed by atoms with Crippen molar-refractivity contribution >= 4 is 40.1 Å². The van der Waals surface area contributed by atoms with Gasteiger partial charge in [0.1, 0.15) is 0 Å². The Hall–Kier alpha value is -3.13. The van der Waals surface area contributed by atoms with Crippen molar-refractivity contribution in [2.75, 3.05) is 11.9 Å². The van der Waals surface area contributed by atoms with E-state index in [1.54, 1.807) is 12.1 Å². The molecule has 9 heteroatoms. The molecule has 0 unspecified atom stereocenters. The predicted molar refractivity (Wildman–Crippen MR) is 114 cm³/mol. The van der Waals surface area contributed by atoms with Crippen LogP contribution in [-0.4, -0.2) is 23.5 Å². The fourth-order valence-electron chi connectivity index (χ4n) is 3.79. The predicted octanol–water partition coefficient (Wildman–Crippen LogP) is 5.58. The molecule has 1 aromatic heterocycles. The van der Waals surface area contributed by atoms with E-state index < -0.39 is 30.2 Å². The summed E-state index contributed by atoms with van der Waals surface area (Å²) in [6.07, 6.45) is -1.24. The highest BCUT2D eigenvalue weighted by molar-refractivity contribution is 6.33. The Labute approximate surface area is 186 Å². The van der Waals surface area contributed by atoms with Crippen LogP contribution in [0.15, 0.2) is 42.5 Å². The number of ether oxygens (including phenoxy) is 1. The van der Waals surface area contributed by atoms with E-state index in [4.69, 9.17) is 16.3 Å². The first-order valence-electron chi connectivity index (χ1n) is 9.98. The van der Waals surface area contributed by atoms with E-state index in [1.807, 2.05) is 12.1 Å². The highest BCUT2D eigenvalue weighted by Crippen LogP contribution is 2.34. The smallest absolute Gasteiger partial charge is 0.416 e. The van der Waals surface area contributed by atoms with Crippen molar-refractivity contribution in [2.24, 2.45) is 0 Å². The minimum Gasteiger partial charge on any atom is -0.452 e. The van der Waals surface area contributed by atoms with E-state index >= 15 is 0 Å². The number of fused-ring (bicyclic) bond motifs is 2. The quantitative estimate of drug-likeness (QED) is 0.514. The normalized spacial score (nSPS) is 13.5. The molecule has 166 valence electrons. The number of aromatic nitrogens is 1. The Morgan fingerprint density at radius 3 is 2.62 bits per heavy atom. The first kappa shape index (κ1) is 22.1. The fourth-order valence-corrected chi connectivity index (χ4v) is 3.96. The molecule has 2 aromatic carbocycles. The Balaban J connectivity index is 1.53. The number of halogens is 4. The zero-order chi connectivity index (χ0) is 22.9. The van der Waals surface area contributed by atoms with Crippen molar-refractivity contribution in [1.82, 2.24) is 4.98 Å². The van der Waals surface area contributed by atoms with Crippen LogP contribution in [-0.2, 0) is 28.5 Å². The first-order chi connectivity index (χ1) is 15.2. The molecular formula is C23H18ClF3N2O3. The molecule has 0 bridgehead atoms. The van der Waals surface area contributed by atoms with Crippen molar-refractivity contribution in [2.45, 2.75) is 31.9 Å². The van der Waals surface area contributed by atoms with Crippen LogP contribution in [0.5, 0.6) is 0 Å². The maximum atomic E-state index is 12.9. The zero-order valence-corrected chi connectivity index (χ0v) is 17.5. The number of benzene rings is 2. The van der Waals surface area contributed by atoms with Crippen molar-refractivity contribution < 1.29 is 27.5 Å². The lowest BCUT2D eigenvalue weighted by molar-refractivity contribution is -0.137. The number of carbonyl (C=O) groups excluding carboxylic acids is 2. The van der Waals surface area contributed by atoms with Gasteiger partial charge < -0.3 is 10.1 Å². The van der Waals surface area contributed by atoms with Crippen molar-refractivity contribution in [3.05, 3.63) is 69.9 Å². The average molecular weight is 463 g/mol. The second-order valence-electron chi connectivity index (χ2n) is 7.45. The molecular weight excluding hydrogens is 445 g/mol. The van der Waals surface area contributed by atoms with E-state index in [-0.39, 0.29) is 10.7 Å². The minimum atomic E-state index is -4.59. The number of para-hydroxylation sites is 1. The summed E-state index contributed by atoms with van der Waals surface area (Å²) >= 11 is 5.90. The van der Waals surface area contributed by atoms with Crippen LogP contribution >= 0.6 is 11.6 Å². The van der Waals surface area contributed by atoms with Gasteiger partial charge in [0, 0.05) is 11.1 Å². The third-order valence-electron chi connectivity index (χ3n) is 5.28. The van der Waals surface area contributed by atoms with Crippen LogP contribution in [0, 0.1) is 0 Å². The van der Waals surface area contributed by atoms with Gasteiger partial charge in [-0.15, -0.1) is 0 Å². The number of aryl methyl sites for hydroxylation is 1. The van der Waals surface area contributed by atoms with Gasteiger partial charge in [0.05, 0.1) is 27.4 Å². The molecule has 4 rings (SSSR count). The number of rotatable bonds is 4. The summed E-state index contributed by atoms with van der Waals surface area (Å²) in [4.78, 5) is 29.9. The highest BCUT2D eigenvalue weighted by Gasteiger charge is 2.31. The van der Waals surface area contributed by atoms with Crippen LogP contribution in [0.2, 0.25) is 5.02 Å². The molecule has 5 nitrogen and oxygen atoms in total. The van der Waals surface area contributed by atoms with Gasteiger partial charge in [-0.05, 0) is 55.5 Å². The summed E-state index contributed by atoms with van der Waals surface area (Å²) in [5.74, 6) is -1.47. The van der Waals surface area contributed by atoms with E-state index in [2.05, 4.69) is 10.3 Å². The lowest BCUT2D eigenvalue weighted by atomic mass is 9.90. The van der Waals surface area contributed by atoms with Crippen molar-refractivity contribution in [3.63, 3.8) is 0 Å². The maximum absolute atomic E-state index is 12.9. The van der Waals surface area contributed by atoms with Crippen LogP contribution in [0.25, 0.3) is 10.9 Å². The summed E-state index contributed by atoms with van der Waals surface area (Å²) in [6, 6.07) is 9.79. The highest BCUT2D eigenvalue weighted by atomic mass is 35.5. The van der Waals surface area contributed by atoms with E-state index in [1.165, 1.54) is 0 Å². The molecule has 0 saturated carbocycles. The van der Waals surface area contributed by atoms with Crippen LogP contribution in [0.3, 0.4) is 0 Å². The van der Waals surface area contributed by atoms with Crippen molar-refractivity contribution in [1.29, 1.82) is 0 Å². The largest absolute Gasteiger partial charge is 0.452 e.